The van der Waals surface area contributed by atoms with Crippen LogP contribution in [0.2, 0.25) is 0 Å². The molecule has 0 spiro atoms. The molecule has 0 fully saturated rings. The molecule has 0 radical (unpaired) electrons. The zero-order valence-corrected chi connectivity index (χ0v) is 7.60. The predicted molar refractivity (Wildman–Crippen MR) is 49.6 cm³/mol. The second kappa shape index (κ2) is 4.84. The maximum absolute atomic E-state index is 9.04. The van der Waals surface area contributed by atoms with Crippen LogP contribution in [0, 0.1) is 0 Å². The largest absolute Gasteiger partial charge is 0.508 e. The summed E-state index contributed by atoms with van der Waals surface area (Å²) in [7, 11) is 0. The zero-order valence-electron chi connectivity index (χ0n) is 7.60. The van der Waals surface area contributed by atoms with Gasteiger partial charge in [-0.3, -0.25) is 0 Å². The Labute approximate surface area is 77.6 Å². The molecule has 0 aromatic heterocycles. The molecule has 0 amide bonds. The monoisotopic (exact) mass is 182 g/mol. The van der Waals surface area contributed by atoms with E-state index in [9.17, 15) is 0 Å². The van der Waals surface area contributed by atoms with E-state index in [4.69, 9.17) is 14.9 Å². The third kappa shape index (κ3) is 2.72. The third-order valence-electron chi connectivity index (χ3n) is 1.80. The highest BCUT2D eigenvalue weighted by Gasteiger charge is 2.08. The molecule has 3 nitrogen and oxygen atoms in total. The van der Waals surface area contributed by atoms with Crippen molar-refractivity contribution in [1.82, 2.24) is 0 Å². The van der Waals surface area contributed by atoms with Crippen molar-refractivity contribution in [3.63, 3.8) is 0 Å². The maximum atomic E-state index is 9.04. The number of aliphatic hydroxyl groups is 1. The summed E-state index contributed by atoms with van der Waals surface area (Å²) in [5.41, 5.74) is 0.877. The van der Waals surface area contributed by atoms with E-state index in [2.05, 4.69) is 0 Å². The quantitative estimate of drug-likeness (QED) is 0.741. The van der Waals surface area contributed by atoms with E-state index in [0.717, 1.165) is 5.56 Å². The molecule has 1 rings (SSSR count). The fraction of sp³-hybridized carbons (Fsp3) is 0.400. The van der Waals surface area contributed by atoms with Gasteiger partial charge in [-0.05, 0) is 24.6 Å². The number of aromatic hydroxyl groups is 1. The second-order valence-corrected chi connectivity index (χ2v) is 2.72. The summed E-state index contributed by atoms with van der Waals surface area (Å²) in [5, 5.41) is 18.0. The summed E-state index contributed by atoms with van der Waals surface area (Å²) in [6.07, 6.45) is -0.286. The highest BCUT2D eigenvalue weighted by molar-refractivity contribution is 5.27. The maximum Gasteiger partial charge on any atom is 0.115 e. The highest BCUT2D eigenvalue weighted by Crippen LogP contribution is 2.19. The minimum absolute atomic E-state index is 0.0430. The van der Waals surface area contributed by atoms with Gasteiger partial charge in [-0.25, -0.2) is 0 Å². The fourth-order valence-electron chi connectivity index (χ4n) is 1.14. The topological polar surface area (TPSA) is 49.7 Å². The van der Waals surface area contributed by atoms with Gasteiger partial charge >= 0.3 is 0 Å². The molecule has 0 saturated carbocycles. The van der Waals surface area contributed by atoms with Gasteiger partial charge in [0.25, 0.3) is 0 Å². The first-order valence-electron chi connectivity index (χ1n) is 4.29. The number of ether oxygens (including phenoxy) is 1. The average Bonchev–Trinajstić information content (AvgIpc) is 2.16. The molecule has 0 heterocycles. The summed E-state index contributed by atoms with van der Waals surface area (Å²) in [4.78, 5) is 0. The number of benzene rings is 1. The zero-order chi connectivity index (χ0) is 9.68. The van der Waals surface area contributed by atoms with Gasteiger partial charge in [-0.2, -0.15) is 0 Å². The van der Waals surface area contributed by atoms with Crippen LogP contribution in [-0.4, -0.2) is 23.4 Å². The number of phenolic OH excluding ortho intramolecular Hbond substituents is 1. The molecule has 13 heavy (non-hydrogen) atoms. The van der Waals surface area contributed by atoms with E-state index in [-0.39, 0.29) is 18.5 Å². The van der Waals surface area contributed by atoms with Crippen LogP contribution in [0.5, 0.6) is 5.75 Å². The Morgan fingerprint density at radius 2 is 1.92 bits per heavy atom. The van der Waals surface area contributed by atoms with Gasteiger partial charge in [0.15, 0.2) is 0 Å². The van der Waals surface area contributed by atoms with Gasteiger partial charge in [0.1, 0.15) is 11.9 Å². The summed E-state index contributed by atoms with van der Waals surface area (Å²) < 4.78 is 5.29. The molecule has 1 unspecified atom stereocenters. The van der Waals surface area contributed by atoms with E-state index in [0.29, 0.717) is 6.61 Å². The van der Waals surface area contributed by atoms with Gasteiger partial charge in [-0.1, -0.05) is 12.1 Å². The van der Waals surface area contributed by atoms with Crippen LogP contribution in [0.3, 0.4) is 0 Å². The van der Waals surface area contributed by atoms with Crippen LogP contribution in [-0.2, 0) is 4.74 Å². The first-order chi connectivity index (χ1) is 6.27. The molecule has 1 atom stereocenters. The van der Waals surface area contributed by atoms with E-state index in [1.54, 1.807) is 24.3 Å². The Hall–Kier alpha value is -1.06. The lowest BCUT2D eigenvalue weighted by Gasteiger charge is -2.14. The van der Waals surface area contributed by atoms with Crippen molar-refractivity contribution in [2.24, 2.45) is 0 Å². The minimum atomic E-state index is -0.286. The van der Waals surface area contributed by atoms with Crippen LogP contribution >= 0.6 is 0 Å². The fourth-order valence-corrected chi connectivity index (χ4v) is 1.14. The van der Waals surface area contributed by atoms with Crippen molar-refractivity contribution in [3.05, 3.63) is 29.8 Å². The first kappa shape index (κ1) is 10.0. The molecule has 0 aliphatic carbocycles. The first-order valence-corrected chi connectivity index (χ1v) is 4.29. The van der Waals surface area contributed by atoms with Crippen molar-refractivity contribution in [2.45, 2.75) is 13.0 Å². The van der Waals surface area contributed by atoms with Gasteiger partial charge in [-0.15, -0.1) is 0 Å². The minimum Gasteiger partial charge on any atom is -0.508 e. The SMILES string of the molecule is CCOC(CO)c1ccc(O)cc1. The van der Waals surface area contributed by atoms with E-state index in [1.165, 1.54) is 0 Å². The Bertz CT molecular complexity index is 243. The van der Waals surface area contributed by atoms with Gasteiger partial charge < -0.3 is 14.9 Å². The molecule has 2 N–H and O–H groups in total. The Balaban J connectivity index is 2.73. The molecule has 1 aromatic rings. The Morgan fingerprint density at radius 1 is 1.31 bits per heavy atom. The molecule has 3 heteroatoms. The second-order valence-electron chi connectivity index (χ2n) is 2.72. The highest BCUT2D eigenvalue weighted by atomic mass is 16.5. The molecular formula is C10H14O3. The molecule has 72 valence electrons. The van der Waals surface area contributed by atoms with Crippen molar-refractivity contribution in [3.8, 4) is 5.75 Å². The summed E-state index contributed by atoms with van der Waals surface area (Å²) in [6, 6.07) is 6.64. The van der Waals surface area contributed by atoms with Crippen molar-refractivity contribution >= 4 is 0 Å². The van der Waals surface area contributed by atoms with Crippen LogP contribution in [0.1, 0.15) is 18.6 Å². The molecular weight excluding hydrogens is 168 g/mol. The number of hydrogen-bond acceptors (Lipinski definition) is 3. The molecule has 0 saturated heterocycles. The smallest absolute Gasteiger partial charge is 0.115 e. The lowest BCUT2D eigenvalue weighted by atomic mass is 10.1. The number of rotatable bonds is 4. The van der Waals surface area contributed by atoms with Crippen LogP contribution in [0.15, 0.2) is 24.3 Å². The van der Waals surface area contributed by atoms with Gasteiger partial charge in [0.2, 0.25) is 0 Å². The molecule has 0 bridgehead atoms. The third-order valence-corrected chi connectivity index (χ3v) is 1.80. The Kier molecular flexibility index (Phi) is 3.73. The normalized spacial score (nSPS) is 12.8. The van der Waals surface area contributed by atoms with E-state index in [1.807, 2.05) is 6.92 Å². The van der Waals surface area contributed by atoms with Gasteiger partial charge in [0.05, 0.1) is 6.61 Å². The van der Waals surface area contributed by atoms with Crippen LogP contribution < -0.4 is 0 Å². The molecule has 0 aliphatic heterocycles. The molecule has 1 aromatic carbocycles. The van der Waals surface area contributed by atoms with Gasteiger partial charge in [0, 0.05) is 6.61 Å². The summed E-state index contributed by atoms with van der Waals surface area (Å²) >= 11 is 0. The Morgan fingerprint density at radius 3 is 2.38 bits per heavy atom. The number of phenols is 1. The molecule has 0 aliphatic rings. The lowest BCUT2D eigenvalue weighted by Crippen LogP contribution is -2.08. The number of aliphatic hydroxyl groups excluding tert-OH is 1. The summed E-state index contributed by atoms with van der Waals surface area (Å²) in [5.74, 6) is 0.219. The lowest BCUT2D eigenvalue weighted by molar-refractivity contribution is 0.0189. The number of hydrogen-bond donors (Lipinski definition) is 2. The van der Waals surface area contributed by atoms with Crippen LogP contribution in [0.25, 0.3) is 0 Å². The van der Waals surface area contributed by atoms with Crippen molar-refractivity contribution < 1.29 is 14.9 Å². The average molecular weight is 182 g/mol. The van der Waals surface area contributed by atoms with E-state index >= 15 is 0 Å². The van der Waals surface area contributed by atoms with Crippen LogP contribution in [0.4, 0.5) is 0 Å². The predicted octanol–water partition coefficient (Wildman–Crippen LogP) is 1.46. The standard InChI is InChI=1S/C10H14O3/c1-2-13-10(7-11)8-3-5-9(12)6-4-8/h3-6,10-12H,2,7H2,1H3. The van der Waals surface area contributed by atoms with Crippen molar-refractivity contribution in [1.29, 1.82) is 0 Å². The van der Waals surface area contributed by atoms with Crippen molar-refractivity contribution in [2.75, 3.05) is 13.2 Å². The summed E-state index contributed by atoms with van der Waals surface area (Å²) in [6.45, 7) is 2.40. The van der Waals surface area contributed by atoms with E-state index < -0.39 is 0 Å².